The third kappa shape index (κ3) is 4.73. The van der Waals surface area contributed by atoms with Crippen molar-refractivity contribution in [2.24, 2.45) is 5.73 Å². The summed E-state index contributed by atoms with van der Waals surface area (Å²) in [5, 5.41) is 0. The zero-order valence-electron chi connectivity index (χ0n) is 11.0. The quantitative estimate of drug-likeness (QED) is 0.397. The highest BCUT2D eigenvalue weighted by Gasteiger charge is 2.44. The van der Waals surface area contributed by atoms with Crippen LogP contribution in [0, 0.1) is 0 Å². The first-order chi connectivity index (χ1) is 8.02. The fourth-order valence-electron chi connectivity index (χ4n) is 1.38. The second-order valence-electron chi connectivity index (χ2n) is 3.93. The molecule has 5 heteroatoms. The van der Waals surface area contributed by atoms with E-state index in [2.05, 4.69) is 0 Å². The molecule has 5 nitrogen and oxygen atoms in total. The van der Waals surface area contributed by atoms with Gasteiger partial charge in [0, 0.05) is 0 Å². The van der Waals surface area contributed by atoms with Crippen molar-refractivity contribution >= 4 is 11.9 Å². The third-order valence-corrected chi connectivity index (χ3v) is 2.38. The van der Waals surface area contributed by atoms with Gasteiger partial charge in [-0.15, -0.1) is 0 Å². The predicted octanol–water partition coefficient (Wildman–Crippen LogP) is 1.39. The van der Waals surface area contributed by atoms with Gasteiger partial charge in [-0.1, -0.05) is 26.7 Å². The summed E-state index contributed by atoms with van der Waals surface area (Å²) in [5.74, 6) is -1.39. The molecule has 0 amide bonds. The van der Waals surface area contributed by atoms with Crippen LogP contribution in [0.3, 0.4) is 0 Å². The average Bonchev–Trinajstić information content (AvgIpc) is 2.29. The van der Waals surface area contributed by atoms with Crippen molar-refractivity contribution in [3.63, 3.8) is 0 Å². The number of unbranched alkanes of at least 4 members (excludes halogenated alkanes) is 1. The highest BCUT2D eigenvalue weighted by Crippen LogP contribution is 2.14. The molecule has 0 spiro atoms. The number of carbonyl (C=O) groups excluding carboxylic acids is 2. The second kappa shape index (κ2) is 8.06. The van der Waals surface area contributed by atoms with Gasteiger partial charge < -0.3 is 15.2 Å². The predicted molar refractivity (Wildman–Crippen MR) is 64.3 cm³/mol. The van der Waals surface area contributed by atoms with Crippen LogP contribution in [0.25, 0.3) is 0 Å². The smallest absolute Gasteiger partial charge is 0.337 e. The molecule has 0 fully saturated rings. The Bertz CT molecular complexity index is 255. The van der Waals surface area contributed by atoms with Crippen molar-refractivity contribution in [2.45, 2.75) is 52.0 Å². The highest BCUT2D eigenvalue weighted by molar-refractivity contribution is 6.04. The number of carbonyl (C=O) groups is 2. The second-order valence-corrected chi connectivity index (χ2v) is 3.93. The minimum Gasteiger partial charge on any atom is -0.464 e. The van der Waals surface area contributed by atoms with Gasteiger partial charge in [-0.25, -0.2) is 9.59 Å². The Morgan fingerprint density at radius 2 is 1.65 bits per heavy atom. The monoisotopic (exact) mass is 245 g/mol. The van der Waals surface area contributed by atoms with Gasteiger partial charge in [-0.2, -0.15) is 0 Å². The molecule has 2 N–H and O–H groups in total. The van der Waals surface area contributed by atoms with Gasteiger partial charge in [0.2, 0.25) is 5.54 Å². The molecule has 0 aliphatic rings. The molecular weight excluding hydrogens is 222 g/mol. The molecule has 0 bridgehead atoms. The summed E-state index contributed by atoms with van der Waals surface area (Å²) >= 11 is 0. The lowest BCUT2D eigenvalue weighted by molar-refractivity contribution is -0.164. The summed E-state index contributed by atoms with van der Waals surface area (Å²) in [6.07, 6.45) is 2.52. The first kappa shape index (κ1) is 15.9. The summed E-state index contributed by atoms with van der Waals surface area (Å²) in [5.41, 5.74) is 4.16. The largest absolute Gasteiger partial charge is 0.464 e. The third-order valence-electron chi connectivity index (χ3n) is 2.38. The minimum atomic E-state index is -1.65. The van der Waals surface area contributed by atoms with Gasteiger partial charge in [0.25, 0.3) is 0 Å². The van der Waals surface area contributed by atoms with Crippen LogP contribution < -0.4 is 5.73 Å². The van der Waals surface area contributed by atoms with Crippen LogP contribution in [0.2, 0.25) is 0 Å². The lowest BCUT2D eigenvalue weighted by Crippen LogP contribution is -2.56. The Hall–Kier alpha value is -1.10. The number of esters is 2. The lowest BCUT2D eigenvalue weighted by atomic mass is 9.95. The molecule has 1 unspecified atom stereocenters. The van der Waals surface area contributed by atoms with E-state index in [0.717, 1.165) is 12.8 Å². The Morgan fingerprint density at radius 1 is 1.06 bits per heavy atom. The Balaban J connectivity index is 4.56. The van der Waals surface area contributed by atoms with Gasteiger partial charge in [0.05, 0.1) is 13.2 Å². The van der Waals surface area contributed by atoms with Crippen LogP contribution in [-0.4, -0.2) is 30.7 Å². The molecule has 100 valence electrons. The number of ether oxygens (including phenoxy) is 2. The molecular formula is C12H23NO4. The van der Waals surface area contributed by atoms with Gasteiger partial charge in [0.15, 0.2) is 0 Å². The normalized spacial score (nSPS) is 13.9. The maximum atomic E-state index is 11.8. The molecule has 0 heterocycles. The number of hydrogen-bond acceptors (Lipinski definition) is 5. The van der Waals surface area contributed by atoms with E-state index in [9.17, 15) is 9.59 Å². The Labute approximate surface area is 103 Å². The van der Waals surface area contributed by atoms with E-state index in [1.54, 1.807) is 6.92 Å². The number of rotatable bonds is 8. The molecule has 0 saturated heterocycles. The highest BCUT2D eigenvalue weighted by atomic mass is 16.6. The molecule has 0 saturated carbocycles. The van der Waals surface area contributed by atoms with Crippen LogP contribution in [0.15, 0.2) is 0 Å². The maximum Gasteiger partial charge on any atom is 0.337 e. The summed E-state index contributed by atoms with van der Waals surface area (Å²) in [6.45, 7) is 5.99. The van der Waals surface area contributed by atoms with E-state index in [-0.39, 0.29) is 19.6 Å². The van der Waals surface area contributed by atoms with Crippen LogP contribution >= 0.6 is 0 Å². The van der Waals surface area contributed by atoms with E-state index in [1.807, 2.05) is 13.8 Å². The maximum absolute atomic E-state index is 11.8. The molecule has 0 aromatic rings. The van der Waals surface area contributed by atoms with Gasteiger partial charge in [-0.05, 0) is 19.8 Å². The van der Waals surface area contributed by atoms with Crippen LogP contribution in [0.1, 0.15) is 46.5 Å². The standard InChI is InChI=1S/C12H23NO4/c1-4-7-9-17-11(15)12(13,8-5-2)10(14)16-6-3/h4-9,13H2,1-3H3. The van der Waals surface area contributed by atoms with Gasteiger partial charge >= 0.3 is 11.9 Å². The summed E-state index contributed by atoms with van der Waals surface area (Å²) in [7, 11) is 0. The lowest BCUT2D eigenvalue weighted by Gasteiger charge is -2.24. The van der Waals surface area contributed by atoms with Crippen LogP contribution in [-0.2, 0) is 19.1 Å². The van der Waals surface area contributed by atoms with E-state index in [0.29, 0.717) is 6.42 Å². The zero-order chi connectivity index (χ0) is 13.3. The van der Waals surface area contributed by atoms with Crippen molar-refractivity contribution in [1.29, 1.82) is 0 Å². The molecule has 0 aromatic carbocycles. The Morgan fingerprint density at radius 3 is 2.12 bits per heavy atom. The summed E-state index contributed by atoms with van der Waals surface area (Å²) < 4.78 is 9.83. The van der Waals surface area contributed by atoms with E-state index >= 15 is 0 Å². The number of hydrogen-bond donors (Lipinski definition) is 1. The van der Waals surface area contributed by atoms with Crippen molar-refractivity contribution in [1.82, 2.24) is 0 Å². The van der Waals surface area contributed by atoms with Crippen molar-refractivity contribution in [3.05, 3.63) is 0 Å². The molecule has 0 rings (SSSR count). The zero-order valence-corrected chi connectivity index (χ0v) is 11.0. The topological polar surface area (TPSA) is 78.6 Å². The van der Waals surface area contributed by atoms with Crippen LogP contribution in [0.4, 0.5) is 0 Å². The Kier molecular flexibility index (Phi) is 7.54. The fraction of sp³-hybridized carbons (Fsp3) is 0.833. The van der Waals surface area contributed by atoms with E-state index in [4.69, 9.17) is 15.2 Å². The van der Waals surface area contributed by atoms with E-state index in [1.165, 1.54) is 0 Å². The van der Waals surface area contributed by atoms with Crippen molar-refractivity contribution in [3.8, 4) is 0 Å². The molecule has 0 radical (unpaired) electrons. The first-order valence-corrected chi connectivity index (χ1v) is 6.16. The van der Waals surface area contributed by atoms with Gasteiger partial charge in [0.1, 0.15) is 0 Å². The summed E-state index contributed by atoms with van der Waals surface area (Å²) in [4.78, 5) is 23.5. The molecule has 0 aliphatic carbocycles. The summed E-state index contributed by atoms with van der Waals surface area (Å²) in [6, 6.07) is 0. The number of nitrogens with two attached hydrogens (primary N) is 1. The van der Waals surface area contributed by atoms with Crippen molar-refractivity contribution in [2.75, 3.05) is 13.2 Å². The molecule has 0 aliphatic heterocycles. The first-order valence-electron chi connectivity index (χ1n) is 6.16. The average molecular weight is 245 g/mol. The van der Waals surface area contributed by atoms with E-state index < -0.39 is 17.5 Å². The molecule has 1 atom stereocenters. The van der Waals surface area contributed by atoms with Crippen molar-refractivity contribution < 1.29 is 19.1 Å². The van der Waals surface area contributed by atoms with Gasteiger partial charge in [-0.3, -0.25) is 0 Å². The SMILES string of the molecule is CCCCOC(=O)C(N)(CCC)C(=O)OCC. The molecule has 17 heavy (non-hydrogen) atoms. The minimum absolute atomic E-state index is 0.198. The van der Waals surface area contributed by atoms with Crippen LogP contribution in [0.5, 0.6) is 0 Å². The fourth-order valence-corrected chi connectivity index (χ4v) is 1.38. The molecule has 0 aromatic heterocycles.